The minimum absolute atomic E-state index is 0.890. The van der Waals surface area contributed by atoms with Crippen molar-refractivity contribution in [2.75, 3.05) is 6.54 Å². The summed E-state index contributed by atoms with van der Waals surface area (Å²) in [5.41, 5.74) is 11.3. The average molecular weight is 550 g/mol. The second kappa shape index (κ2) is 10.5. The van der Waals surface area contributed by atoms with Gasteiger partial charge in [0.25, 0.3) is 0 Å². The first-order valence-electron chi connectivity index (χ1n) is 15.0. The van der Waals surface area contributed by atoms with Gasteiger partial charge in [-0.1, -0.05) is 127 Å². The predicted octanol–water partition coefficient (Wildman–Crippen LogP) is 11.0. The summed E-state index contributed by atoms with van der Waals surface area (Å²) in [7, 11) is 0. The molecule has 0 saturated heterocycles. The highest BCUT2D eigenvalue weighted by Gasteiger charge is 2.17. The van der Waals surface area contributed by atoms with Crippen molar-refractivity contribution in [3.8, 4) is 33.4 Å². The third-order valence-electron chi connectivity index (χ3n) is 8.83. The number of nitrogens with one attached hydrogen (secondary N) is 1. The van der Waals surface area contributed by atoms with Crippen molar-refractivity contribution < 1.29 is 0 Å². The Hall–Kier alpha value is -5.40. The van der Waals surface area contributed by atoms with Gasteiger partial charge >= 0.3 is 0 Å². The lowest BCUT2D eigenvalue weighted by Gasteiger charge is -2.18. The van der Waals surface area contributed by atoms with Crippen molar-refractivity contribution in [3.05, 3.63) is 163 Å². The summed E-state index contributed by atoms with van der Waals surface area (Å²) >= 11 is 0. The Morgan fingerprint density at radius 2 is 0.977 bits per heavy atom. The first kappa shape index (κ1) is 25.3. The maximum Gasteiger partial charge on any atom is 0.0331 e. The standard InChI is InChI=1S/C42H31N/c1-28-22-23-43-27-40(28)33-13-9-12-31(24-33)32-20-18-29-19-21-34(26-35(29)25-32)42-38-16-7-5-14-36(38)41(30-10-3-2-4-11-30)37-15-6-8-17-39(37)42/h2-22,24-27,43H,23H2,1H3. The molecule has 1 nitrogen and oxygen atoms in total. The SMILES string of the molecule is CC1=CCNC=C1c1cccc(-c2ccc3ccc(-c4c5ccccc5c(-c5ccccc5)c5ccccc45)cc3c2)c1. The number of hydrogen-bond acceptors (Lipinski definition) is 1. The number of hydrogen-bond donors (Lipinski definition) is 1. The molecule has 0 aromatic heterocycles. The molecule has 1 N–H and O–H groups in total. The molecule has 7 aromatic carbocycles. The van der Waals surface area contributed by atoms with Crippen molar-refractivity contribution in [2.45, 2.75) is 6.92 Å². The van der Waals surface area contributed by atoms with Crippen LogP contribution < -0.4 is 5.32 Å². The van der Waals surface area contributed by atoms with Crippen LogP contribution in [0.2, 0.25) is 0 Å². The minimum Gasteiger partial charge on any atom is -0.387 e. The molecular weight excluding hydrogens is 518 g/mol. The molecular formula is C42H31N. The molecule has 0 atom stereocenters. The van der Waals surface area contributed by atoms with Gasteiger partial charge in [-0.25, -0.2) is 0 Å². The second-order valence-electron chi connectivity index (χ2n) is 11.4. The van der Waals surface area contributed by atoms with Crippen LogP contribution >= 0.6 is 0 Å². The van der Waals surface area contributed by atoms with Crippen LogP contribution in [0.3, 0.4) is 0 Å². The fraction of sp³-hybridized carbons (Fsp3) is 0.0476. The summed E-state index contributed by atoms with van der Waals surface area (Å²) in [5.74, 6) is 0. The van der Waals surface area contributed by atoms with E-state index >= 15 is 0 Å². The normalized spacial score (nSPS) is 13.1. The molecule has 43 heavy (non-hydrogen) atoms. The van der Waals surface area contributed by atoms with Gasteiger partial charge in [0.2, 0.25) is 0 Å². The molecule has 0 aliphatic carbocycles. The van der Waals surface area contributed by atoms with Crippen LogP contribution in [0.1, 0.15) is 12.5 Å². The lowest BCUT2D eigenvalue weighted by Crippen LogP contribution is -2.11. The van der Waals surface area contributed by atoms with Gasteiger partial charge in [-0.15, -0.1) is 0 Å². The number of benzene rings is 7. The largest absolute Gasteiger partial charge is 0.387 e. The monoisotopic (exact) mass is 549 g/mol. The summed E-state index contributed by atoms with van der Waals surface area (Å²) in [5, 5.41) is 11.0. The molecule has 1 aliphatic heterocycles. The molecule has 0 fully saturated rings. The molecule has 1 aliphatic rings. The maximum absolute atomic E-state index is 3.37. The van der Waals surface area contributed by atoms with Gasteiger partial charge in [0.15, 0.2) is 0 Å². The van der Waals surface area contributed by atoms with Crippen LogP contribution in [0.4, 0.5) is 0 Å². The first-order chi connectivity index (χ1) is 21.2. The van der Waals surface area contributed by atoms with Crippen molar-refractivity contribution >= 4 is 37.9 Å². The zero-order chi connectivity index (χ0) is 28.8. The Morgan fingerprint density at radius 1 is 0.442 bits per heavy atom. The highest BCUT2D eigenvalue weighted by molar-refractivity contribution is 6.21. The van der Waals surface area contributed by atoms with Crippen LogP contribution in [-0.4, -0.2) is 6.54 Å². The molecule has 0 amide bonds. The fourth-order valence-corrected chi connectivity index (χ4v) is 6.71. The van der Waals surface area contributed by atoms with Gasteiger partial charge in [-0.2, -0.15) is 0 Å². The van der Waals surface area contributed by atoms with Gasteiger partial charge < -0.3 is 5.32 Å². The van der Waals surface area contributed by atoms with Gasteiger partial charge in [0, 0.05) is 18.3 Å². The van der Waals surface area contributed by atoms with Crippen molar-refractivity contribution in [1.82, 2.24) is 5.32 Å². The predicted molar refractivity (Wildman–Crippen MR) is 185 cm³/mol. The lowest BCUT2D eigenvalue weighted by atomic mass is 9.85. The molecule has 1 heterocycles. The van der Waals surface area contributed by atoms with E-state index in [2.05, 4.69) is 164 Å². The van der Waals surface area contributed by atoms with Crippen LogP contribution in [0, 0.1) is 0 Å². The van der Waals surface area contributed by atoms with E-state index in [9.17, 15) is 0 Å². The topological polar surface area (TPSA) is 12.0 Å². The molecule has 0 radical (unpaired) electrons. The minimum atomic E-state index is 0.890. The van der Waals surface area contributed by atoms with Gasteiger partial charge in [-0.3, -0.25) is 0 Å². The second-order valence-corrected chi connectivity index (χ2v) is 11.4. The molecule has 0 bridgehead atoms. The van der Waals surface area contributed by atoms with Crippen LogP contribution in [0.25, 0.3) is 71.3 Å². The first-order valence-corrected chi connectivity index (χ1v) is 15.0. The third kappa shape index (κ3) is 4.42. The Kier molecular flexibility index (Phi) is 6.16. The van der Waals surface area contributed by atoms with E-state index in [0.29, 0.717) is 0 Å². The summed E-state index contributed by atoms with van der Waals surface area (Å²) in [6.45, 7) is 3.08. The van der Waals surface area contributed by atoms with Gasteiger partial charge in [0.1, 0.15) is 0 Å². The Labute approximate surface area is 252 Å². The smallest absolute Gasteiger partial charge is 0.0331 e. The molecule has 1 heteroatoms. The Bertz CT molecular complexity index is 2180. The van der Waals surface area contributed by atoms with E-state index in [-0.39, 0.29) is 0 Å². The number of rotatable bonds is 4. The maximum atomic E-state index is 3.37. The highest BCUT2D eigenvalue weighted by Crippen LogP contribution is 2.44. The third-order valence-corrected chi connectivity index (χ3v) is 8.83. The van der Waals surface area contributed by atoms with Gasteiger partial charge in [-0.05, 0) is 102 Å². The van der Waals surface area contributed by atoms with E-state index in [0.717, 1.165) is 6.54 Å². The zero-order valence-electron chi connectivity index (χ0n) is 24.1. The van der Waals surface area contributed by atoms with Crippen LogP contribution in [-0.2, 0) is 0 Å². The summed E-state index contributed by atoms with van der Waals surface area (Å²) in [6.07, 6.45) is 4.39. The van der Waals surface area contributed by atoms with E-state index in [4.69, 9.17) is 0 Å². The molecule has 0 unspecified atom stereocenters. The molecule has 0 saturated carbocycles. The quantitative estimate of drug-likeness (QED) is 0.215. The summed E-state index contributed by atoms with van der Waals surface area (Å²) < 4.78 is 0. The Morgan fingerprint density at radius 3 is 1.65 bits per heavy atom. The fourth-order valence-electron chi connectivity index (χ4n) is 6.71. The van der Waals surface area contributed by atoms with E-state index in [1.54, 1.807) is 0 Å². The number of allylic oxidation sites excluding steroid dienone is 2. The van der Waals surface area contributed by atoms with E-state index < -0.39 is 0 Å². The van der Waals surface area contributed by atoms with Crippen molar-refractivity contribution in [3.63, 3.8) is 0 Å². The van der Waals surface area contributed by atoms with Crippen LogP contribution in [0.15, 0.2) is 157 Å². The number of fused-ring (bicyclic) bond motifs is 3. The van der Waals surface area contributed by atoms with Crippen molar-refractivity contribution in [1.29, 1.82) is 0 Å². The molecule has 7 aromatic rings. The number of dihydropyridines is 1. The van der Waals surface area contributed by atoms with Crippen LogP contribution in [0.5, 0.6) is 0 Å². The highest BCUT2D eigenvalue weighted by atomic mass is 14.8. The van der Waals surface area contributed by atoms with Gasteiger partial charge in [0.05, 0.1) is 0 Å². The molecule has 0 spiro atoms. The molecule has 204 valence electrons. The average Bonchev–Trinajstić information content (AvgIpc) is 3.07. The lowest BCUT2D eigenvalue weighted by molar-refractivity contribution is 0.964. The Balaban J connectivity index is 1.31. The van der Waals surface area contributed by atoms with E-state index in [1.165, 1.54) is 82.4 Å². The zero-order valence-corrected chi connectivity index (χ0v) is 24.1. The van der Waals surface area contributed by atoms with Crippen molar-refractivity contribution in [2.24, 2.45) is 0 Å². The van der Waals surface area contributed by atoms with E-state index in [1.807, 2.05) is 0 Å². The summed E-state index contributed by atoms with van der Waals surface area (Å²) in [6, 6.07) is 51.2. The molecule has 8 rings (SSSR count). The summed E-state index contributed by atoms with van der Waals surface area (Å²) in [4.78, 5) is 0.